The van der Waals surface area contributed by atoms with Gasteiger partial charge in [0, 0.05) is 30.2 Å². The Labute approximate surface area is 118 Å². The highest BCUT2D eigenvalue weighted by Gasteiger charge is 2.13. The number of rotatable bonds is 3. The number of benzene rings is 1. The quantitative estimate of drug-likeness (QED) is 0.695. The second kappa shape index (κ2) is 5.24. The average molecular weight is 285 g/mol. The van der Waals surface area contributed by atoms with Crippen molar-refractivity contribution >= 4 is 6.29 Å². The summed E-state index contributed by atoms with van der Waals surface area (Å²) in [6.07, 6.45) is 5.27. The Balaban J connectivity index is 2.14. The third kappa shape index (κ3) is 2.55. The van der Waals surface area contributed by atoms with E-state index in [-0.39, 0.29) is 16.8 Å². The van der Waals surface area contributed by atoms with Crippen LogP contribution in [0.5, 0.6) is 0 Å². The molecule has 2 aromatic heterocycles. The molecule has 4 nitrogen and oxygen atoms in total. The van der Waals surface area contributed by atoms with Crippen LogP contribution < -0.4 is 0 Å². The van der Waals surface area contributed by atoms with Crippen molar-refractivity contribution in [2.24, 2.45) is 0 Å². The van der Waals surface area contributed by atoms with Gasteiger partial charge >= 0.3 is 0 Å². The predicted molar refractivity (Wildman–Crippen MR) is 72.1 cm³/mol. The van der Waals surface area contributed by atoms with E-state index in [0.29, 0.717) is 12.0 Å². The minimum atomic E-state index is -0.722. The lowest BCUT2D eigenvalue weighted by Gasteiger charge is -2.01. The van der Waals surface area contributed by atoms with Gasteiger partial charge in [-0.1, -0.05) is 0 Å². The van der Waals surface area contributed by atoms with Gasteiger partial charge in [0.05, 0.1) is 11.3 Å². The number of hydrogen-bond acceptors (Lipinski definition) is 3. The van der Waals surface area contributed by atoms with Crippen molar-refractivity contribution in [2.75, 3.05) is 0 Å². The first-order valence-corrected chi connectivity index (χ1v) is 6.09. The molecule has 3 rings (SSSR count). The van der Waals surface area contributed by atoms with Crippen molar-refractivity contribution < 1.29 is 13.6 Å². The van der Waals surface area contributed by atoms with Crippen molar-refractivity contribution in [3.05, 3.63) is 66.1 Å². The van der Waals surface area contributed by atoms with Crippen LogP contribution in [0.3, 0.4) is 0 Å². The normalized spacial score (nSPS) is 10.6. The van der Waals surface area contributed by atoms with Crippen LogP contribution in [-0.2, 0) is 0 Å². The summed E-state index contributed by atoms with van der Waals surface area (Å²) < 4.78 is 28.1. The zero-order valence-corrected chi connectivity index (χ0v) is 10.7. The highest BCUT2D eigenvalue weighted by atomic mass is 19.1. The standard InChI is InChI=1S/C15H9F2N3O/c16-12-5-10(6-13(17)7-12)15-11(9-21)8-20(19-15)14-1-3-18-4-2-14/h1-9H. The maximum atomic E-state index is 13.3. The second-order valence-electron chi connectivity index (χ2n) is 4.36. The zero-order chi connectivity index (χ0) is 14.8. The van der Waals surface area contributed by atoms with Crippen molar-refractivity contribution in [1.82, 2.24) is 14.8 Å². The van der Waals surface area contributed by atoms with Crippen LogP contribution in [0, 0.1) is 11.6 Å². The first kappa shape index (κ1) is 13.1. The second-order valence-corrected chi connectivity index (χ2v) is 4.36. The SMILES string of the molecule is O=Cc1cn(-c2ccncc2)nc1-c1cc(F)cc(F)c1. The summed E-state index contributed by atoms with van der Waals surface area (Å²) >= 11 is 0. The lowest BCUT2D eigenvalue weighted by atomic mass is 10.1. The van der Waals surface area contributed by atoms with Crippen LogP contribution in [-0.4, -0.2) is 21.1 Å². The van der Waals surface area contributed by atoms with Gasteiger partial charge in [-0.25, -0.2) is 13.5 Å². The van der Waals surface area contributed by atoms with Gasteiger partial charge < -0.3 is 0 Å². The molecule has 0 spiro atoms. The Bertz CT molecular complexity index is 780. The maximum absolute atomic E-state index is 13.3. The van der Waals surface area contributed by atoms with Crippen LogP contribution in [0.4, 0.5) is 8.78 Å². The molecule has 2 heterocycles. The Morgan fingerprint density at radius 3 is 2.33 bits per heavy atom. The molecule has 6 heteroatoms. The molecule has 0 aliphatic carbocycles. The molecule has 0 atom stereocenters. The predicted octanol–water partition coefficient (Wildman–Crippen LogP) is 3.03. The van der Waals surface area contributed by atoms with E-state index in [1.54, 1.807) is 24.5 Å². The number of halogens is 2. The number of aldehydes is 1. The van der Waals surface area contributed by atoms with Gasteiger partial charge in [0.25, 0.3) is 0 Å². The molecule has 0 N–H and O–H groups in total. The largest absolute Gasteiger partial charge is 0.298 e. The molecule has 0 saturated carbocycles. The number of pyridine rings is 1. The Kier molecular flexibility index (Phi) is 3.27. The number of carbonyl (C=O) groups is 1. The monoisotopic (exact) mass is 285 g/mol. The summed E-state index contributed by atoms with van der Waals surface area (Å²) in [6.45, 7) is 0. The highest BCUT2D eigenvalue weighted by Crippen LogP contribution is 2.24. The third-order valence-corrected chi connectivity index (χ3v) is 2.93. The van der Waals surface area contributed by atoms with E-state index in [1.807, 2.05) is 0 Å². The van der Waals surface area contributed by atoms with Crippen LogP contribution in [0.25, 0.3) is 16.9 Å². The Morgan fingerprint density at radius 1 is 1.05 bits per heavy atom. The molecule has 0 radical (unpaired) electrons. The van der Waals surface area contributed by atoms with Crippen molar-refractivity contribution in [1.29, 1.82) is 0 Å². The van der Waals surface area contributed by atoms with E-state index in [4.69, 9.17) is 0 Å². The van der Waals surface area contributed by atoms with Crippen LogP contribution in [0.2, 0.25) is 0 Å². The molecule has 21 heavy (non-hydrogen) atoms. The lowest BCUT2D eigenvalue weighted by molar-refractivity contribution is 0.112. The molecule has 0 amide bonds. The fourth-order valence-electron chi connectivity index (χ4n) is 2.02. The topological polar surface area (TPSA) is 47.8 Å². The van der Waals surface area contributed by atoms with E-state index >= 15 is 0 Å². The smallest absolute Gasteiger partial charge is 0.153 e. The van der Waals surface area contributed by atoms with Crippen LogP contribution in [0.1, 0.15) is 10.4 Å². The van der Waals surface area contributed by atoms with E-state index in [1.165, 1.54) is 10.9 Å². The Hall–Kier alpha value is -2.89. The van der Waals surface area contributed by atoms with Gasteiger partial charge in [0.15, 0.2) is 6.29 Å². The lowest BCUT2D eigenvalue weighted by Crippen LogP contribution is -1.95. The average Bonchev–Trinajstić information content (AvgIpc) is 2.91. The minimum absolute atomic E-state index is 0.211. The van der Waals surface area contributed by atoms with Gasteiger partial charge in [-0.15, -0.1) is 0 Å². The van der Waals surface area contributed by atoms with E-state index in [2.05, 4.69) is 10.1 Å². The van der Waals surface area contributed by atoms with Crippen molar-refractivity contribution in [3.8, 4) is 16.9 Å². The zero-order valence-electron chi connectivity index (χ0n) is 10.7. The van der Waals surface area contributed by atoms with Crippen molar-refractivity contribution in [2.45, 2.75) is 0 Å². The summed E-state index contributed by atoms with van der Waals surface area (Å²) in [4.78, 5) is 15.1. The first-order valence-electron chi connectivity index (χ1n) is 6.09. The molecule has 0 aliphatic heterocycles. The minimum Gasteiger partial charge on any atom is -0.298 e. The van der Waals surface area contributed by atoms with Crippen molar-refractivity contribution in [3.63, 3.8) is 0 Å². The van der Waals surface area contributed by atoms with Gasteiger partial charge in [-0.3, -0.25) is 9.78 Å². The summed E-state index contributed by atoms with van der Waals surface area (Å²) in [5, 5.41) is 4.23. The molecular weight excluding hydrogens is 276 g/mol. The third-order valence-electron chi connectivity index (χ3n) is 2.93. The van der Waals surface area contributed by atoms with E-state index in [9.17, 15) is 13.6 Å². The molecule has 0 bridgehead atoms. The van der Waals surface area contributed by atoms with Gasteiger partial charge in [0.1, 0.15) is 17.3 Å². The molecule has 3 aromatic rings. The van der Waals surface area contributed by atoms with Gasteiger partial charge in [-0.05, 0) is 24.3 Å². The molecule has 0 unspecified atom stereocenters. The van der Waals surface area contributed by atoms with Crippen LogP contribution in [0.15, 0.2) is 48.9 Å². The number of carbonyl (C=O) groups excluding carboxylic acids is 1. The molecule has 1 aromatic carbocycles. The summed E-state index contributed by atoms with van der Waals surface area (Å²) in [5.74, 6) is -1.44. The van der Waals surface area contributed by atoms with Crippen LogP contribution >= 0.6 is 0 Å². The molecule has 104 valence electrons. The van der Waals surface area contributed by atoms with E-state index in [0.717, 1.165) is 18.2 Å². The Morgan fingerprint density at radius 2 is 1.71 bits per heavy atom. The number of aromatic nitrogens is 3. The molecule has 0 fully saturated rings. The number of hydrogen-bond donors (Lipinski definition) is 0. The number of nitrogens with zero attached hydrogens (tertiary/aromatic N) is 3. The molecule has 0 saturated heterocycles. The maximum Gasteiger partial charge on any atom is 0.153 e. The molecule has 0 aliphatic rings. The summed E-state index contributed by atoms with van der Waals surface area (Å²) in [6, 6.07) is 6.45. The van der Waals surface area contributed by atoms with E-state index < -0.39 is 11.6 Å². The van der Waals surface area contributed by atoms with Gasteiger partial charge in [0.2, 0.25) is 0 Å². The van der Waals surface area contributed by atoms with Gasteiger partial charge in [-0.2, -0.15) is 5.10 Å². The summed E-state index contributed by atoms with van der Waals surface area (Å²) in [5.41, 5.74) is 1.37. The highest BCUT2D eigenvalue weighted by molar-refractivity contribution is 5.85. The molecular formula is C15H9F2N3O. The fourth-order valence-corrected chi connectivity index (χ4v) is 2.02. The fraction of sp³-hybridized carbons (Fsp3) is 0. The summed E-state index contributed by atoms with van der Waals surface area (Å²) in [7, 11) is 0. The first-order chi connectivity index (χ1) is 10.2.